The molecule has 0 aliphatic carbocycles. The van der Waals surface area contributed by atoms with Crippen molar-refractivity contribution in [1.29, 1.82) is 0 Å². The number of aromatic nitrogens is 2. The SMILES string of the molecule is Cc1ccc(C)c(CCc2[nH]cnc2Br)c1. The van der Waals surface area contributed by atoms with E-state index in [1.54, 1.807) is 6.33 Å². The number of halogens is 1. The quantitative estimate of drug-likeness (QED) is 0.914. The van der Waals surface area contributed by atoms with E-state index < -0.39 is 0 Å². The second kappa shape index (κ2) is 4.83. The van der Waals surface area contributed by atoms with Gasteiger partial charge in [0.25, 0.3) is 0 Å². The van der Waals surface area contributed by atoms with Gasteiger partial charge in [-0.1, -0.05) is 23.8 Å². The van der Waals surface area contributed by atoms with Gasteiger partial charge in [-0.3, -0.25) is 0 Å². The molecule has 0 spiro atoms. The zero-order valence-electron chi connectivity index (χ0n) is 9.55. The lowest BCUT2D eigenvalue weighted by Crippen LogP contribution is -1.95. The van der Waals surface area contributed by atoms with Gasteiger partial charge in [0.1, 0.15) is 4.60 Å². The number of H-pyrrole nitrogens is 1. The van der Waals surface area contributed by atoms with Gasteiger partial charge in [0.15, 0.2) is 0 Å². The number of hydrogen-bond acceptors (Lipinski definition) is 1. The van der Waals surface area contributed by atoms with E-state index >= 15 is 0 Å². The maximum absolute atomic E-state index is 4.13. The average molecular weight is 279 g/mol. The van der Waals surface area contributed by atoms with Crippen molar-refractivity contribution in [3.8, 4) is 0 Å². The summed E-state index contributed by atoms with van der Waals surface area (Å²) in [4.78, 5) is 7.28. The number of nitrogens with zero attached hydrogens (tertiary/aromatic N) is 1. The summed E-state index contributed by atoms with van der Waals surface area (Å²) in [7, 11) is 0. The van der Waals surface area contributed by atoms with E-state index in [2.05, 4.69) is 57.9 Å². The molecule has 0 atom stereocenters. The van der Waals surface area contributed by atoms with Gasteiger partial charge in [-0.2, -0.15) is 0 Å². The minimum absolute atomic E-state index is 0.929. The van der Waals surface area contributed by atoms with Gasteiger partial charge in [-0.05, 0) is 53.7 Å². The van der Waals surface area contributed by atoms with E-state index in [-0.39, 0.29) is 0 Å². The summed E-state index contributed by atoms with van der Waals surface area (Å²) < 4.78 is 0.929. The minimum atomic E-state index is 0.929. The molecule has 2 aromatic rings. The molecule has 1 N–H and O–H groups in total. The van der Waals surface area contributed by atoms with Crippen molar-refractivity contribution in [3.05, 3.63) is 51.5 Å². The molecule has 0 aliphatic heterocycles. The fourth-order valence-electron chi connectivity index (χ4n) is 1.81. The number of nitrogens with one attached hydrogen (secondary N) is 1. The number of hydrogen-bond donors (Lipinski definition) is 1. The Hall–Kier alpha value is -1.09. The van der Waals surface area contributed by atoms with Crippen LogP contribution in [0.25, 0.3) is 0 Å². The second-order valence-electron chi connectivity index (χ2n) is 4.10. The van der Waals surface area contributed by atoms with Gasteiger partial charge in [0, 0.05) is 5.69 Å². The van der Waals surface area contributed by atoms with Crippen LogP contribution in [-0.4, -0.2) is 9.97 Å². The highest BCUT2D eigenvalue weighted by atomic mass is 79.9. The van der Waals surface area contributed by atoms with Crippen LogP contribution >= 0.6 is 15.9 Å². The molecule has 1 heterocycles. The molecule has 0 fully saturated rings. The summed E-state index contributed by atoms with van der Waals surface area (Å²) >= 11 is 3.43. The van der Waals surface area contributed by atoms with Crippen LogP contribution in [0.5, 0.6) is 0 Å². The van der Waals surface area contributed by atoms with Gasteiger partial charge in [-0.25, -0.2) is 4.98 Å². The first kappa shape index (κ1) is 11.4. The maximum Gasteiger partial charge on any atom is 0.127 e. The Bertz CT molecular complexity index is 488. The molecule has 1 aromatic carbocycles. The molecular formula is C13H15BrN2. The minimum Gasteiger partial charge on any atom is -0.348 e. The highest BCUT2D eigenvalue weighted by Crippen LogP contribution is 2.16. The summed E-state index contributed by atoms with van der Waals surface area (Å²) in [6.45, 7) is 4.30. The lowest BCUT2D eigenvalue weighted by molar-refractivity contribution is 0.910. The third-order valence-corrected chi connectivity index (χ3v) is 3.50. The summed E-state index contributed by atoms with van der Waals surface area (Å²) in [5.74, 6) is 0. The van der Waals surface area contributed by atoms with E-state index in [9.17, 15) is 0 Å². The van der Waals surface area contributed by atoms with Gasteiger partial charge >= 0.3 is 0 Å². The Morgan fingerprint density at radius 1 is 1.25 bits per heavy atom. The third kappa shape index (κ3) is 2.53. The first-order chi connectivity index (χ1) is 7.66. The largest absolute Gasteiger partial charge is 0.348 e. The molecule has 1 aromatic heterocycles. The molecule has 16 heavy (non-hydrogen) atoms. The summed E-state index contributed by atoms with van der Waals surface area (Å²) in [6, 6.07) is 6.61. The number of aryl methyl sites for hydroxylation is 4. The Balaban J connectivity index is 2.10. The van der Waals surface area contributed by atoms with E-state index in [1.165, 1.54) is 22.4 Å². The zero-order chi connectivity index (χ0) is 11.5. The Morgan fingerprint density at radius 3 is 2.75 bits per heavy atom. The van der Waals surface area contributed by atoms with Crippen molar-refractivity contribution in [2.24, 2.45) is 0 Å². The predicted molar refractivity (Wildman–Crippen MR) is 69.6 cm³/mol. The molecule has 0 bridgehead atoms. The van der Waals surface area contributed by atoms with Crippen LogP contribution in [0.2, 0.25) is 0 Å². The van der Waals surface area contributed by atoms with Crippen LogP contribution in [0.4, 0.5) is 0 Å². The predicted octanol–water partition coefficient (Wildman–Crippen LogP) is 3.57. The highest BCUT2D eigenvalue weighted by molar-refractivity contribution is 9.10. The van der Waals surface area contributed by atoms with E-state index in [4.69, 9.17) is 0 Å². The van der Waals surface area contributed by atoms with E-state index in [0.717, 1.165) is 17.4 Å². The molecule has 0 saturated heterocycles. The lowest BCUT2D eigenvalue weighted by Gasteiger charge is -2.06. The van der Waals surface area contributed by atoms with Gasteiger partial charge < -0.3 is 4.98 Å². The average Bonchev–Trinajstić information content (AvgIpc) is 2.66. The molecule has 3 heteroatoms. The molecule has 2 nitrogen and oxygen atoms in total. The molecule has 0 unspecified atom stereocenters. The molecule has 0 radical (unpaired) electrons. The van der Waals surface area contributed by atoms with Crippen LogP contribution < -0.4 is 0 Å². The second-order valence-corrected chi connectivity index (χ2v) is 4.85. The van der Waals surface area contributed by atoms with Crippen LogP contribution in [0.3, 0.4) is 0 Å². The Labute approximate surface area is 104 Å². The molecule has 0 amide bonds. The van der Waals surface area contributed by atoms with Crippen molar-refractivity contribution in [2.45, 2.75) is 26.7 Å². The standard InChI is InChI=1S/C13H15BrN2/c1-9-3-4-10(2)11(7-9)5-6-12-13(14)16-8-15-12/h3-4,7-8H,5-6H2,1-2H3,(H,15,16). The van der Waals surface area contributed by atoms with Crippen molar-refractivity contribution < 1.29 is 0 Å². The fourth-order valence-corrected chi connectivity index (χ4v) is 2.22. The van der Waals surface area contributed by atoms with Gasteiger partial charge in [-0.15, -0.1) is 0 Å². The maximum atomic E-state index is 4.13. The molecule has 0 aliphatic rings. The van der Waals surface area contributed by atoms with Crippen LogP contribution in [0.15, 0.2) is 29.1 Å². The first-order valence-corrected chi connectivity index (χ1v) is 6.20. The third-order valence-electron chi connectivity index (χ3n) is 2.81. The smallest absolute Gasteiger partial charge is 0.127 e. The van der Waals surface area contributed by atoms with Gasteiger partial charge in [0.2, 0.25) is 0 Å². The normalized spacial score (nSPS) is 10.7. The van der Waals surface area contributed by atoms with Crippen molar-refractivity contribution in [1.82, 2.24) is 9.97 Å². The number of benzene rings is 1. The molecule has 84 valence electrons. The van der Waals surface area contributed by atoms with Gasteiger partial charge in [0.05, 0.1) is 6.33 Å². The van der Waals surface area contributed by atoms with Crippen molar-refractivity contribution in [3.63, 3.8) is 0 Å². The topological polar surface area (TPSA) is 28.7 Å². The highest BCUT2D eigenvalue weighted by Gasteiger charge is 2.04. The van der Waals surface area contributed by atoms with Crippen LogP contribution in [-0.2, 0) is 12.8 Å². The monoisotopic (exact) mass is 278 g/mol. The van der Waals surface area contributed by atoms with Crippen molar-refractivity contribution in [2.75, 3.05) is 0 Å². The van der Waals surface area contributed by atoms with Crippen LogP contribution in [0.1, 0.15) is 22.4 Å². The van der Waals surface area contributed by atoms with Crippen LogP contribution in [0, 0.1) is 13.8 Å². The summed E-state index contributed by atoms with van der Waals surface area (Å²) in [6.07, 6.45) is 3.77. The number of aromatic amines is 1. The number of rotatable bonds is 3. The summed E-state index contributed by atoms with van der Waals surface area (Å²) in [5, 5.41) is 0. The zero-order valence-corrected chi connectivity index (χ0v) is 11.1. The fraction of sp³-hybridized carbons (Fsp3) is 0.308. The summed E-state index contributed by atoms with van der Waals surface area (Å²) in [5.41, 5.74) is 5.27. The number of imidazole rings is 1. The van der Waals surface area contributed by atoms with E-state index in [0.29, 0.717) is 0 Å². The lowest BCUT2D eigenvalue weighted by atomic mass is 10.0. The first-order valence-electron chi connectivity index (χ1n) is 5.40. The Morgan fingerprint density at radius 2 is 2.06 bits per heavy atom. The van der Waals surface area contributed by atoms with Crippen molar-refractivity contribution >= 4 is 15.9 Å². The Kier molecular flexibility index (Phi) is 3.44. The van der Waals surface area contributed by atoms with E-state index in [1.807, 2.05) is 0 Å². The molecule has 2 rings (SSSR count). The molecule has 0 saturated carbocycles. The molecular weight excluding hydrogens is 264 g/mol.